The van der Waals surface area contributed by atoms with Crippen LogP contribution < -0.4 is 0 Å². The van der Waals surface area contributed by atoms with E-state index in [0.717, 1.165) is 37.1 Å². The fourth-order valence-electron chi connectivity index (χ4n) is 4.22. The highest BCUT2D eigenvalue weighted by molar-refractivity contribution is 5.82. The average Bonchev–Trinajstić information content (AvgIpc) is 3.00. The van der Waals surface area contributed by atoms with Crippen LogP contribution in [0.25, 0.3) is 11.0 Å². The summed E-state index contributed by atoms with van der Waals surface area (Å²) < 4.78 is 13.4. The average molecular weight is 357 g/mol. The van der Waals surface area contributed by atoms with Crippen LogP contribution in [-0.2, 0) is 20.8 Å². The quantitative estimate of drug-likeness (QED) is 0.847. The Bertz CT molecular complexity index is 772. The zero-order chi connectivity index (χ0) is 18.1. The summed E-state index contributed by atoms with van der Waals surface area (Å²) in [4.78, 5) is 19.5. The predicted molar refractivity (Wildman–Crippen MR) is 99.1 cm³/mol. The van der Waals surface area contributed by atoms with Crippen molar-refractivity contribution < 1.29 is 14.3 Å². The molecule has 2 unspecified atom stereocenters. The molecule has 0 bridgehead atoms. The van der Waals surface area contributed by atoms with Gasteiger partial charge < -0.3 is 18.9 Å². The van der Waals surface area contributed by atoms with E-state index in [1.807, 2.05) is 24.8 Å². The molecule has 2 aliphatic heterocycles. The van der Waals surface area contributed by atoms with E-state index in [2.05, 4.69) is 21.7 Å². The number of carbonyl (C=O) groups is 1. The molecule has 0 saturated carbocycles. The van der Waals surface area contributed by atoms with Crippen molar-refractivity contribution in [1.82, 2.24) is 14.5 Å². The molecule has 0 spiro atoms. The second kappa shape index (κ2) is 7.37. The van der Waals surface area contributed by atoms with E-state index in [1.165, 1.54) is 5.69 Å². The maximum atomic E-state index is 13.0. The maximum absolute atomic E-state index is 13.0. The summed E-state index contributed by atoms with van der Waals surface area (Å²) in [5.41, 5.74) is 2.11. The number of carbonyl (C=O) groups excluding carboxylic acids is 1. The third-order valence-corrected chi connectivity index (χ3v) is 5.39. The van der Waals surface area contributed by atoms with E-state index < -0.39 is 0 Å². The summed E-state index contributed by atoms with van der Waals surface area (Å²) in [5, 5.41) is 1.10. The summed E-state index contributed by atoms with van der Waals surface area (Å²) in [6.45, 7) is 7.27. The summed E-state index contributed by atoms with van der Waals surface area (Å²) in [7, 11) is 0. The minimum atomic E-state index is 0.0807. The van der Waals surface area contributed by atoms with Crippen LogP contribution >= 0.6 is 0 Å². The number of hydrogen-bond donors (Lipinski definition) is 0. The number of fused-ring (bicyclic) bond motifs is 1. The summed E-state index contributed by atoms with van der Waals surface area (Å²) in [5.74, 6) is 0.566. The lowest BCUT2D eigenvalue weighted by molar-refractivity contribution is -0.143. The van der Waals surface area contributed by atoms with Gasteiger partial charge in [0.15, 0.2) is 0 Å². The van der Waals surface area contributed by atoms with Crippen LogP contribution in [0.5, 0.6) is 0 Å². The van der Waals surface area contributed by atoms with Gasteiger partial charge in [0, 0.05) is 49.5 Å². The standard InChI is InChI=1S/C20H27N3O3/c1-14-11-22(12-15(2)26-14)19(24)13-23-18(16-5-8-25-9-6-16)10-17-4-3-7-21-20(17)23/h3-4,7,10,14-16H,5-6,8-9,11-13H2,1-2H3. The lowest BCUT2D eigenvalue weighted by Gasteiger charge is -2.35. The van der Waals surface area contributed by atoms with E-state index >= 15 is 0 Å². The second-order valence-corrected chi connectivity index (χ2v) is 7.51. The van der Waals surface area contributed by atoms with Gasteiger partial charge >= 0.3 is 0 Å². The Hall–Kier alpha value is -1.92. The van der Waals surface area contributed by atoms with Gasteiger partial charge in [-0.15, -0.1) is 0 Å². The second-order valence-electron chi connectivity index (χ2n) is 7.51. The highest BCUT2D eigenvalue weighted by Crippen LogP contribution is 2.31. The van der Waals surface area contributed by atoms with Crippen LogP contribution in [-0.4, -0.2) is 58.9 Å². The highest BCUT2D eigenvalue weighted by atomic mass is 16.5. The van der Waals surface area contributed by atoms with E-state index in [1.54, 1.807) is 6.20 Å². The SMILES string of the molecule is CC1CN(C(=O)Cn2c(C3CCOCC3)cc3cccnc32)CC(C)O1. The first-order valence-electron chi connectivity index (χ1n) is 9.57. The van der Waals surface area contributed by atoms with Crippen molar-refractivity contribution in [1.29, 1.82) is 0 Å². The van der Waals surface area contributed by atoms with Crippen LogP contribution in [0.15, 0.2) is 24.4 Å². The Morgan fingerprint density at radius 1 is 1.23 bits per heavy atom. The molecule has 2 atom stereocenters. The molecule has 0 aromatic carbocycles. The molecule has 2 aromatic rings. The molecule has 6 heteroatoms. The Labute approximate surface area is 154 Å². The van der Waals surface area contributed by atoms with Gasteiger partial charge in [-0.3, -0.25) is 4.79 Å². The number of morpholine rings is 1. The van der Waals surface area contributed by atoms with Crippen molar-refractivity contribution in [2.45, 2.75) is 51.4 Å². The Morgan fingerprint density at radius 3 is 2.69 bits per heavy atom. The zero-order valence-electron chi connectivity index (χ0n) is 15.6. The van der Waals surface area contributed by atoms with Crippen molar-refractivity contribution in [2.24, 2.45) is 0 Å². The first-order chi connectivity index (χ1) is 12.6. The number of aromatic nitrogens is 2. The van der Waals surface area contributed by atoms with Crippen LogP contribution in [0.1, 0.15) is 38.3 Å². The number of nitrogens with zero attached hydrogens (tertiary/aromatic N) is 3. The molecule has 6 nitrogen and oxygen atoms in total. The molecule has 2 fully saturated rings. The molecule has 26 heavy (non-hydrogen) atoms. The summed E-state index contributed by atoms with van der Waals surface area (Å²) >= 11 is 0. The molecule has 0 radical (unpaired) electrons. The smallest absolute Gasteiger partial charge is 0.242 e. The van der Waals surface area contributed by atoms with Gasteiger partial charge in [0.05, 0.1) is 12.2 Å². The van der Waals surface area contributed by atoms with Crippen molar-refractivity contribution in [3.63, 3.8) is 0 Å². The van der Waals surface area contributed by atoms with Gasteiger partial charge in [-0.05, 0) is 44.9 Å². The van der Waals surface area contributed by atoms with Gasteiger partial charge in [0.25, 0.3) is 0 Å². The molecular weight excluding hydrogens is 330 g/mol. The number of hydrogen-bond acceptors (Lipinski definition) is 4. The lowest BCUT2D eigenvalue weighted by Crippen LogP contribution is -2.49. The number of amides is 1. The maximum Gasteiger partial charge on any atom is 0.242 e. The van der Waals surface area contributed by atoms with Gasteiger partial charge in [-0.2, -0.15) is 0 Å². The molecule has 2 saturated heterocycles. The fraction of sp³-hybridized carbons (Fsp3) is 0.600. The molecule has 0 N–H and O–H groups in total. The molecule has 1 amide bonds. The number of rotatable bonds is 3. The van der Waals surface area contributed by atoms with Gasteiger partial charge in [0.1, 0.15) is 12.2 Å². The number of ether oxygens (including phenoxy) is 2. The zero-order valence-corrected chi connectivity index (χ0v) is 15.6. The fourth-order valence-corrected chi connectivity index (χ4v) is 4.22. The monoisotopic (exact) mass is 357 g/mol. The molecule has 2 aliphatic rings. The molecular formula is C20H27N3O3. The number of pyridine rings is 1. The highest BCUT2D eigenvalue weighted by Gasteiger charge is 2.28. The van der Waals surface area contributed by atoms with Crippen LogP contribution in [0.2, 0.25) is 0 Å². The van der Waals surface area contributed by atoms with E-state index in [9.17, 15) is 4.79 Å². The molecule has 4 rings (SSSR count). The van der Waals surface area contributed by atoms with Gasteiger partial charge in [-0.1, -0.05) is 0 Å². The van der Waals surface area contributed by atoms with Gasteiger partial charge in [0.2, 0.25) is 5.91 Å². The van der Waals surface area contributed by atoms with Crippen molar-refractivity contribution >= 4 is 16.9 Å². The minimum absolute atomic E-state index is 0.0807. The largest absolute Gasteiger partial charge is 0.381 e. The van der Waals surface area contributed by atoms with Crippen molar-refractivity contribution in [3.8, 4) is 0 Å². The van der Waals surface area contributed by atoms with Gasteiger partial charge in [-0.25, -0.2) is 4.98 Å². The van der Waals surface area contributed by atoms with E-state index in [0.29, 0.717) is 25.6 Å². The van der Waals surface area contributed by atoms with E-state index in [-0.39, 0.29) is 18.1 Å². The Morgan fingerprint density at radius 2 is 1.96 bits per heavy atom. The van der Waals surface area contributed by atoms with Crippen LogP contribution in [0.4, 0.5) is 0 Å². The summed E-state index contributed by atoms with van der Waals surface area (Å²) in [6.07, 6.45) is 3.96. The lowest BCUT2D eigenvalue weighted by atomic mass is 9.96. The van der Waals surface area contributed by atoms with E-state index in [4.69, 9.17) is 9.47 Å². The summed E-state index contributed by atoms with van der Waals surface area (Å²) in [6, 6.07) is 6.23. The Kier molecular flexibility index (Phi) is 4.96. The minimum Gasteiger partial charge on any atom is -0.381 e. The van der Waals surface area contributed by atoms with Crippen molar-refractivity contribution in [3.05, 3.63) is 30.1 Å². The third-order valence-electron chi connectivity index (χ3n) is 5.39. The van der Waals surface area contributed by atoms with Crippen molar-refractivity contribution in [2.75, 3.05) is 26.3 Å². The topological polar surface area (TPSA) is 56.6 Å². The predicted octanol–water partition coefficient (Wildman–Crippen LogP) is 2.57. The molecule has 4 heterocycles. The van der Waals surface area contributed by atoms with Crippen LogP contribution in [0.3, 0.4) is 0 Å². The molecule has 0 aliphatic carbocycles. The third kappa shape index (κ3) is 3.48. The molecule has 2 aromatic heterocycles. The molecule has 140 valence electrons. The normalized spacial score (nSPS) is 24.9. The first kappa shape index (κ1) is 17.5. The first-order valence-corrected chi connectivity index (χ1v) is 9.57. The Balaban J connectivity index is 1.63. The van der Waals surface area contributed by atoms with Crippen LogP contribution in [0, 0.1) is 0 Å².